The molecule has 2 heterocycles. The summed E-state index contributed by atoms with van der Waals surface area (Å²) >= 11 is 0. The number of nitro groups is 1. The lowest BCUT2D eigenvalue weighted by Crippen LogP contribution is -2.19. The second-order valence-corrected chi connectivity index (χ2v) is 5.71. The Morgan fingerprint density at radius 1 is 1.21 bits per heavy atom. The number of nitrogens with zero attached hydrogens (tertiary/aromatic N) is 3. The number of aromatic nitrogens is 1. The van der Waals surface area contributed by atoms with Gasteiger partial charge in [0.1, 0.15) is 5.82 Å². The lowest BCUT2D eigenvalue weighted by atomic mass is 10.1. The van der Waals surface area contributed by atoms with Crippen LogP contribution in [0.4, 0.5) is 17.2 Å². The minimum absolute atomic E-state index is 0.0509. The number of nitro benzene ring substituents is 1. The number of rotatable bonds is 5. The van der Waals surface area contributed by atoms with Crippen LogP contribution in [0.5, 0.6) is 0 Å². The third kappa shape index (κ3) is 3.68. The van der Waals surface area contributed by atoms with E-state index in [4.69, 9.17) is 0 Å². The molecule has 0 spiro atoms. The molecule has 1 amide bonds. The number of hydrogen-bond acceptors (Lipinski definition) is 5. The van der Waals surface area contributed by atoms with E-state index in [0.29, 0.717) is 11.4 Å². The van der Waals surface area contributed by atoms with E-state index < -0.39 is 4.92 Å². The van der Waals surface area contributed by atoms with Crippen molar-refractivity contribution in [2.75, 3.05) is 23.3 Å². The van der Waals surface area contributed by atoms with Gasteiger partial charge in [0.25, 0.3) is 5.69 Å². The van der Waals surface area contributed by atoms with Gasteiger partial charge in [-0.2, -0.15) is 0 Å². The quantitative estimate of drug-likeness (QED) is 0.674. The van der Waals surface area contributed by atoms with E-state index in [9.17, 15) is 14.9 Å². The van der Waals surface area contributed by atoms with E-state index in [1.165, 1.54) is 18.9 Å². The van der Waals surface area contributed by atoms with Crippen molar-refractivity contribution in [3.05, 3.63) is 58.3 Å². The Balaban J connectivity index is 1.64. The summed E-state index contributed by atoms with van der Waals surface area (Å²) in [5, 5.41) is 13.7. The number of hydrogen-bond donors (Lipinski definition) is 1. The highest BCUT2D eigenvalue weighted by atomic mass is 16.6. The van der Waals surface area contributed by atoms with Crippen LogP contribution in [-0.2, 0) is 11.2 Å². The number of nitrogens with one attached hydrogen (secondary N) is 1. The zero-order valence-electron chi connectivity index (χ0n) is 13.1. The van der Waals surface area contributed by atoms with Crippen LogP contribution in [0.2, 0.25) is 0 Å². The van der Waals surface area contributed by atoms with E-state index in [2.05, 4.69) is 15.2 Å². The molecule has 7 nitrogen and oxygen atoms in total. The van der Waals surface area contributed by atoms with Crippen molar-refractivity contribution in [2.24, 2.45) is 0 Å². The van der Waals surface area contributed by atoms with Gasteiger partial charge >= 0.3 is 0 Å². The average Bonchev–Trinajstić information content (AvgIpc) is 3.10. The summed E-state index contributed by atoms with van der Waals surface area (Å²) in [5.41, 5.74) is 1.38. The van der Waals surface area contributed by atoms with Crippen molar-refractivity contribution >= 4 is 23.1 Å². The summed E-state index contributed by atoms with van der Waals surface area (Å²) in [6, 6.07) is 9.92. The topological polar surface area (TPSA) is 88.4 Å². The Hall–Kier alpha value is -2.96. The average molecular weight is 326 g/mol. The van der Waals surface area contributed by atoms with Crippen LogP contribution >= 0.6 is 0 Å². The van der Waals surface area contributed by atoms with Crippen LogP contribution < -0.4 is 10.2 Å². The van der Waals surface area contributed by atoms with Gasteiger partial charge in [-0.1, -0.05) is 18.2 Å². The molecule has 2 aromatic rings. The molecular weight excluding hydrogens is 308 g/mol. The fraction of sp³-hybridized carbons (Fsp3) is 0.294. The molecule has 0 saturated carbocycles. The molecule has 0 unspecified atom stereocenters. The van der Waals surface area contributed by atoms with Crippen LogP contribution in [0.25, 0.3) is 0 Å². The first-order valence-electron chi connectivity index (χ1n) is 7.86. The van der Waals surface area contributed by atoms with E-state index >= 15 is 0 Å². The standard InChI is InChI=1S/C17H18N4O3/c22-17(11-13-5-1-2-6-15(13)21(23)24)19-16-8-7-14(12-18-16)20-9-3-4-10-20/h1-2,5-8,12H,3-4,9-11H2,(H,18,19,22). The summed E-state index contributed by atoms with van der Waals surface area (Å²) in [7, 11) is 0. The fourth-order valence-electron chi connectivity index (χ4n) is 2.82. The Morgan fingerprint density at radius 3 is 2.62 bits per heavy atom. The maximum Gasteiger partial charge on any atom is 0.273 e. The lowest BCUT2D eigenvalue weighted by molar-refractivity contribution is -0.385. The van der Waals surface area contributed by atoms with Gasteiger partial charge < -0.3 is 10.2 Å². The molecule has 1 fully saturated rings. The van der Waals surface area contributed by atoms with Crippen LogP contribution in [-0.4, -0.2) is 28.9 Å². The zero-order valence-corrected chi connectivity index (χ0v) is 13.1. The first-order chi connectivity index (χ1) is 11.6. The van der Waals surface area contributed by atoms with Crippen LogP contribution in [0.15, 0.2) is 42.6 Å². The van der Waals surface area contributed by atoms with Crippen LogP contribution in [0.3, 0.4) is 0 Å². The highest BCUT2D eigenvalue weighted by Crippen LogP contribution is 2.21. The first kappa shape index (κ1) is 15.9. The maximum absolute atomic E-state index is 12.1. The third-order valence-electron chi connectivity index (χ3n) is 4.03. The van der Waals surface area contributed by atoms with E-state index in [-0.39, 0.29) is 18.0 Å². The molecule has 3 rings (SSSR count). The second-order valence-electron chi connectivity index (χ2n) is 5.71. The largest absolute Gasteiger partial charge is 0.370 e. The number of para-hydroxylation sites is 1. The smallest absolute Gasteiger partial charge is 0.273 e. The van der Waals surface area contributed by atoms with Gasteiger partial charge in [0.2, 0.25) is 5.91 Å². The Labute approximate surface area is 139 Å². The Bertz CT molecular complexity index is 740. The molecule has 1 aliphatic rings. The summed E-state index contributed by atoms with van der Waals surface area (Å²) in [4.78, 5) is 29.1. The summed E-state index contributed by atoms with van der Waals surface area (Å²) in [6.07, 6.45) is 4.06. The number of pyridine rings is 1. The zero-order chi connectivity index (χ0) is 16.9. The molecule has 1 saturated heterocycles. The molecule has 0 bridgehead atoms. The number of amides is 1. The minimum Gasteiger partial charge on any atom is -0.370 e. The highest BCUT2D eigenvalue weighted by molar-refractivity contribution is 5.92. The van der Waals surface area contributed by atoms with Gasteiger partial charge in [-0.15, -0.1) is 0 Å². The monoisotopic (exact) mass is 326 g/mol. The fourth-order valence-corrected chi connectivity index (χ4v) is 2.82. The molecule has 0 atom stereocenters. The maximum atomic E-state index is 12.1. The van der Waals surface area contributed by atoms with Crippen molar-refractivity contribution in [1.82, 2.24) is 4.98 Å². The van der Waals surface area contributed by atoms with Gasteiger partial charge in [-0.25, -0.2) is 4.98 Å². The molecular formula is C17H18N4O3. The highest BCUT2D eigenvalue weighted by Gasteiger charge is 2.16. The predicted molar refractivity (Wildman–Crippen MR) is 91.1 cm³/mol. The van der Waals surface area contributed by atoms with Crippen molar-refractivity contribution in [3.63, 3.8) is 0 Å². The summed E-state index contributed by atoms with van der Waals surface area (Å²) in [6.45, 7) is 2.07. The van der Waals surface area contributed by atoms with E-state index in [1.807, 2.05) is 6.07 Å². The SMILES string of the molecule is O=C(Cc1ccccc1[N+](=O)[O-])Nc1ccc(N2CCCC2)cn1. The van der Waals surface area contributed by atoms with E-state index in [1.54, 1.807) is 30.5 Å². The van der Waals surface area contributed by atoms with Crippen LogP contribution in [0.1, 0.15) is 18.4 Å². The number of carbonyl (C=O) groups is 1. The molecule has 1 aromatic heterocycles. The number of anilines is 2. The minimum atomic E-state index is -0.480. The molecule has 0 radical (unpaired) electrons. The van der Waals surface area contributed by atoms with Gasteiger partial charge in [-0.3, -0.25) is 14.9 Å². The Kier molecular flexibility index (Phi) is 4.69. The second kappa shape index (κ2) is 7.08. The molecule has 124 valence electrons. The van der Waals surface area contributed by atoms with Gasteiger partial charge in [0.05, 0.1) is 23.2 Å². The van der Waals surface area contributed by atoms with Crippen molar-refractivity contribution < 1.29 is 9.72 Å². The van der Waals surface area contributed by atoms with Gasteiger partial charge in [-0.05, 0) is 25.0 Å². The normalized spacial score (nSPS) is 13.8. The van der Waals surface area contributed by atoms with Crippen LogP contribution in [0, 0.1) is 10.1 Å². The molecule has 1 N–H and O–H groups in total. The first-order valence-corrected chi connectivity index (χ1v) is 7.86. The number of carbonyl (C=O) groups excluding carboxylic acids is 1. The predicted octanol–water partition coefficient (Wildman–Crippen LogP) is 2.77. The Morgan fingerprint density at radius 2 is 1.96 bits per heavy atom. The van der Waals surface area contributed by atoms with E-state index in [0.717, 1.165) is 18.8 Å². The van der Waals surface area contributed by atoms with Gasteiger partial charge in [0.15, 0.2) is 0 Å². The lowest BCUT2D eigenvalue weighted by Gasteiger charge is -2.17. The van der Waals surface area contributed by atoms with Crippen molar-refractivity contribution in [2.45, 2.75) is 19.3 Å². The summed E-state index contributed by atoms with van der Waals surface area (Å²) < 4.78 is 0. The van der Waals surface area contributed by atoms with Gasteiger partial charge in [0, 0.05) is 24.7 Å². The molecule has 1 aromatic carbocycles. The molecule has 7 heteroatoms. The third-order valence-corrected chi connectivity index (χ3v) is 4.03. The van der Waals surface area contributed by atoms with Crippen molar-refractivity contribution in [1.29, 1.82) is 0 Å². The summed E-state index contributed by atoms with van der Waals surface area (Å²) in [5.74, 6) is 0.118. The van der Waals surface area contributed by atoms with Crippen molar-refractivity contribution in [3.8, 4) is 0 Å². The molecule has 1 aliphatic heterocycles. The molecule has 24 heavy (non-hydrogen) atoms. The molecule has 0 aliphatic carbocycles. The number of benzene rings is 1.